The third kappa shape index (κ3) is 6.12. The first kappa shape index (κ1) is 23.4. The zero-order valence-corrected chi connectivity index (χ0v) is 18.6. The van der Waals surface area contributed by atoms with Crippen molar-refractivity contribution in [1.29, 1.82) is 0 Å². The molecule has 2 aliphatic rings. The molecule has 31 heavy (non-hydrogen) atoms. The average Bonchev–Trinajstić information content (AvgIpc) is 2.77. The highest BCUT2D eigenvalue weighted by atomic mass is 16.7. The van der Waals surface area contributed by atoms with E-state index in [1.165, 1.54) is 19.3 Å². The summed E-state index contributed by atoms with van der Waals surface area (Å²) in [5.41, 5.74) is 1.90. The number of aliphatic hydroxyl groups excluding tert-OH is 1. The highest BCUT2D eigenvalue weighted by molar-refractivity contribution is 5.91. The highest BCUT2D eigenvalue weighted by Crippen LogP contribution is 2.39. The topological polar surface area (TPSA) is 59.0 Å². The van der Waals surface area contributed by atoms with Crippen LogP contribution in [0, 0.1) is 18.3 Å². The van der Waals surface area contributed by atoms with Gasteiger partial charge in [0.1, 0.15) is 0 Å². The molecule has 2 heterocycles. The number of likely N-dealkylation sites (tertiary alicyclic amines) is 1. The number of carbonyl (C=O) groups is 1. The van der Waals surface area contributed by atoms with Crippen molar-refractivity contribution in [1.82, 2.24) is 4.90 Å². The Morgan fingerprint density at radius 1 is 1.19 bits per heavy atom. The van der Waals surface area contributed by atoms with Gasteiger partial charge in [-0.2, -0.15) is 0 Å². The zero-order chi connectivity index (χ0) is 22.1. The van der Waals surface area contributed by atoms with Crippen LogP contribution in [0.25, 0.3) is 0 Å². The standard InChI is InChI=1S/C26H35NO4/c1-3-20-12-14-21(15-13-20)23-19-24(25(29)27-16-8-6-5-7-9-17-27)31-26(30-4-2)22(23)11-10-18-28/h1,12-15,19,22-23,26,28H,4-11,16-18H2,2H3/t22-,23+,26+/m1/s1. The first-order valence-electron chi connectivity index (χ1n) is 11.6. The van der Waals surface area contributed by atoms with Gasteiger partial charge < -0.3 is 19.5 Å². The second kappa shape index (κ2) is 11.9. The molecule has 0 unspecified atom stereocenters. The summed E-state index contributed by atoms with van der Waals surface area (Å²) in [6, 6.07) is 7.90. The molecule has 0 aromatic heterocycles. The number of carbonyl (C=O) groups excluding carboxylic acids is 1. The van der Waals surface area contributed by atoms with E-state index in [1.54, 1.807) is 0 Å². The van der Waals surface area contributed by atoms with Gasteiger partial charge in [0.15, 0.2) is 5.76 Å². The number of aliphatic hydroxyl groups is 1. The lowest BCUT2D eigenvalue weighted by Gasteiger charge is -2.38. The fraction of sp³-hybridized carbons (Fsp3) is 0.577. The third-order valence-corrected chi connectivity index (χ3v) is 6.23. The van der Waals surface area contributed by atoms with E-state index in [9.17, 15) is 9.90 Å². The molecule has 0 radical (unpaired) electrons. The largest absolute Gasteiger partial charge is 0.459 e. The number of hydrogen-bond donors (Lipinski definition) is 1. The van der Waals surface area contributed by atoms with Crippen LogP contribution in [0.3, 0.4) is 0 Å². The van der Waals surface area contributed by atoms with Crippen LogP contribution < -0.4 is 0 Å². The van der Waals surface area contributed by atoms with Crippen molar-refractivity contribution in [2.75, 3.05) is 26.3 Å². The van der Waals surface area contributed by atoms with Gasteiger partial charge >= 0.3 is 0 Å². The summed E-state index contributed by atoms with van der Waals surface area (Å²) in [5.74, 6) is 2.95. The Bertz CT molecular complexity index is 772. The zero-order valence-electron chi connectivity index (χ0n) is 18.6. The van der Waals surface area contributed by atoms with E-state index < -0.39 is 6.29 Å². The molecule has 1 fully saturated rings. The molecule has 168 valence electrons. The maximum atomic E-state index is 13.4. The van der Waals surface area contributed by atoms with Gasteiger partial charge in [-0.25, -0.2) is 0 Å². The molecule has 3 atom stereocenters. The average molecular weight is 426 g/mol. The summed E-state index contributed by atoms with van der Waals surface area (Å²) in [7, 11) is 0. The minimum atomic E-state index is -0.521. The lowest BCUT2D eigenvalue weighted by molar-refractivity contribution is -0.170. The van der Waals surface area contributed by atoms with Crippen molar-refractivity contribution < 1.29 is 19.4 Å². The van der Waals surface area contributed by atoms with Gasteiger partial charge in [-0.1, -0.05) is 37.3 Å². The number of hydrogen-bond acceptors (Lipinski definition) is 4. The summed E-state index contributed by atoms with van der Waals surface area (Å²) in [6.07, 6.45) is 14.0. The van der Waals surface area contributed by atoms with Crippen molar-refractivity contribution in [3.05, 3.63) is 47.2 Å². The Morgan fingerprint density at radius 3 is 2.48 bits per heavy atom. The van der Waals surface area contributed by atoms with Crippen LogP contribution in [-0.4, -0.2) is 48.5 Å². The molecule has 1 aromatic rings. The van der Waals surface area contributed by atoms with Crippen molar-refractivity contribution in [2.24, 2.45) is 5.92 Å². The molecule has 1 aromatic carbocycles. The number of ether oxygens (including phenoxy) is 2. The molecule has 1 amide bonds. The molecule has 0 saturated carbocycles. The van der Waals surface area contributed by atoms with Crippen LogP contribution in [-0.2, 0) is 14.3 Å². The summed E-state index contributed by atoms with van der Waals surface area (Å²) in [6.45, 7) is 4.08. The smallest absolute Gasteiger partial charge is 0.288 e. The highest BCUT2D eigenvalue weighted by Gasteiger charge is 2.38. The Balaban J connectivity index is 1.92. The number of allylic oxidation sites excluding steroid dienone is 1. The van der Waals surface area contributed by atoms with E-state index >= 15 is 0 Å². The normalized spacial score (nSPS) is 24.4. The van der Waals surface area contributed by atoms with Crippen LogP contribution in [0.1, 0.15) is 68.9 Å². The molecule has 1 N–H and O–H groups in total. The van der Waals surface area contributed by atoms with E-state index in [-0.39, 0.29) is 24.3 Å². The molecular formula is C26H35NO4. The molecular weight excluding hydrogens is 390 g/mol. The number of benzene rings is 1. The fourth-order valence-electron chi connectivity index (χ4n) is 4.55. The van der Waals surface area contributed by atoms with Crippen LogP contribution in [0.4, 0.5) is 0 Å². The number of terminal acetylenes is 1. The number of amides is 1. The van der Waals surface area contributed by atoms with E-state index in [0.717, 1.165) is 43.5 Å². The lowest BCUT2D eigenvalue weighted by atomic mass is 9.80. The molecule has 5 heteroatoms. The van der Waals surface area contributed by atoms with Crippen molar-refractivity contribution >= 4 is 5.91 Å². The molecule has 0 spiro atoms. The van der Waals surface area contributed by atoms with E-state index in [4.69, 9.17) is 15.9 Å². The fourth-order valence-corrected chi connectivity index (χ4v) is 4.55. The van der Waals surface area contributed by atoms with E-state index in [0.29, 0.717) is 18.8 Å². The first-order valence-corrected chi connectivity index (χ1v) is 11.6. The molecule has 3 rings (SSSR count). The second-order valence-corrected chi connectivity index (χ2v) is 8.35. The summed E-state index contributed by atoms with van der Waals surface area (Å²) in [5, 5.41) is 9.42. The maximum Gasteiger partial charge on any atom is 0.288 e. The number of nitrogens with zero attached hydrogens (tertiary/aromatic N) is 1. The summed E-state index contributed by atoms with van der Waals surface area (Å²) >= 11 is 0. The predicted molar refractivity (Wildman–Crippen MR) is 121 cm³/mol. The maximum absolute atomic E-state index is 13.4. The van der Waals surface area contributed by atoms with Crippen LogP contribution in [0.2, 0.25) is 0 Å². The molecule has 5 nitrogen and oxygen atoms in total. The van der Waals surface area contributed by atoms with E-state index in [2.05, 4.69) is 5.92 Å². The third-order valence-electron chi connectivity index (χ3n) is 6.23. The molecule has 0 aliphatic carbocycles. The van der Waals surface area contributed by atoms with Crippen molar-refractivity contribution in [2.45, 2.75) is 64.1 Å². The molecule has 2 aliphatic heterocycles. The Morgan fingerprint density at radius 2 is 1.87 bits per heavy atom. The predicted octanol–water partition coefficient (Wildman–Crippen LogP) is 4.21. The van der Waals surface area contributed by atoms with Gasteiger partial charge in [0.05, 0.1) is 0 Å². The summed E-state index contributed by atoms with van der Waals surface area (Å²) < 4.78 is 12.1. The Kier molecular flexibility index (Phi) is 8.99. The van der Waals surface area contributed by atoms with E-state index in [1.807, 2.05) is 42.2 Å². The van der Waals surface area contributed by atoms with Crippen molar-refractivity contribution in [3.63, 3.8) is 0 Å². The SMILES string of the molecule is C#Cc1ccc([C@@H]2C=C(C(=O)N3CCCCCCC3)O[C@H](OCC)[C@@H]2CCCO)cc1. The monoisotopic (exact) mass is 425 g/mol. The van der Waals surface area contributed by atoms with Crippen LogP contribution in [0.15, 0.2) is 36.1 Å². The molecule has 1 saturated heterocycles. The first-order chi connectivity index (χ1) is 15.2. The van der Waals surface area contributed by atoms with Gasteiger partial charge in [-0.05, 0) is 56.4 Å². The van der Waals surface area contributed by atoms with Gasteiger partial charge in [0, 0.05) is 43.7 Å². The molecule has 0 bridgehead atoms. The van der Waals surface area contributed by atoms with Gasteiger partial charge in [-0.15, -0.1) is 6.42 Å². The van der Waals surface area contributed by atoms with Crippen molar-refractivity contribution in [3.8, 4) is 12.3 Å². The Labute approximate surface area is 186 Å². The van der Waals surface area contributed by atoms with Crippen LogP contribution in [0.5, 0.6) is 0 Å². The second-order valence-electron chi connectivity index (χ2n) is 8.35. The Hall–Kier alpha value is -2.29. The van der Waals surface area contributed by atoms with Gasteiger partial charge in [-0.3, -0.25) is 4.79 Å². The summed E-state index contributed by atoms with van der Waals surface area (Å²) in [4.78, 5) is 15.3. The minimum absolute atomic E-state index is 0.00710. The van der Waals surface area contributed by atoms with Gasteiger partial charge in [0.25, 0.3) is 5.91 Å². The lowest BCUT2D eigenvalue weighted by Crippen LogP contribution is -2.41. The number of rotatable bonds is 7. The quantitative estimate of drug-likeness (QED) is 0.665. The minimum Gasteiger partial charge on any atom is -0.459 e. The van der Waals surface area contributed by atoms with Gasteiger partial charge in [0.2, 0.25) is 6.29 Å². The van der Waals surface area contributed by atoms with Crippen LogP contribution >= 0.6 is 0 Å².